The highest BCUT2D eigenvalue weighted by Gasteiger charge is 2.35. The number of imidazole rings is 4. The largest absolute Gasteiger partial charge is 0.395 e. The molecule has 19 aromatic heterocycles. The lowest BCUT2D eigenvalue weighted by Gasteiger charge is -2.16. The highest BCUT2D eigenvalue weighted by Crippen LogP contribution is 2.38. The number of nitrogens with one attached hydrogen (secondary N) is 5. The third kappa shape index (κ3) is 21.1. The fourth-order valence-electron chi connectivity index (χ4n) is 16.9. The minimum atomic E-state index is -0.235. The molecule has 45 nitrogen and oxygen atoms in total. The molecule has 752 valence electrons. The number of hydrogen-bond acceptors (Lipinski definition) is 29. The Hall–Kier alpha value is -17.3. The second-order valence-electron chi connectivity index (χ2n) is 37.3. The van der Waals surface area contributed by atoms with Gasteiger partial charge in [0.2, 0.25) is 35.4 Å². The SMILES string of the molecule is CC(c1ccc2nc(NC(=O)C3CC3)cn2n1)c1nnc2ccc(-c3cnn(CC(=O)N(C)CCO)c3)cn12.CNC(=O)c1ccc(-c2ccc3nnc(C(C)c4ccc5nc(NC(=O)C6CC6)cn5n4)n3c2)cc1Cl.COCCN(C)C(=O)Cn1cc(-c2ccc3nnc(C(C)c4ccc5nc(NC(=O)C6CC6)cn5n4)n3c2)cn1.Cc1cc(-c2ccc3nnc(C(C)c4ccc5nc(NC(=O)C6CC6)cn5n4)n3c2)sn1. The van der Waals surface area contributed by atoms with Crippen LogP contribution in [0.4, 0.5) is 23.3 Å². The van der Waals surface area contributed by atoms with Gasteiger partial charge in [0.25, 0.3) is 5.91 Å². The molecular formula is C101H101ClN36O9S. The van der Waals surface area contributed by atoms with Crippen molar-refractivity contribution in [2.75, 3.05) is 75.8 Å². The van der Waals surface area contributed by atoms with Crippen molar-refractivity contribution in [2.24, 2.45) is 23.7 Å². The maximum Gasteiger partial charge on any atom is 0.252 e. The van der Waals surface area contributed by atoms with E-state index >= 15 is 0 Å². The number of carbonyl (C=O) groups excluding carboxylic acids is 7. The summed E-state index contributed by atoms with van der Waals surface area (Å²) in [6, 6.07) is 38.1. The fourth-order valence-corrected chi connectivity index (χ4v) is 17.9. The third-order valence-electron chi connectivity index (χ3n) is 26.3. The van der Waals surface area contributed by atoms with E-state index in [2.05, 4.69) is 121 Å². The summed E-state index contributed by atoms with van der Waals surface area (Å²) in [5.41, 5.74) is 16.5. The molecule has 0 bridgehead atoms. The quantitative estimate of drug-likeness (QED) is 0.0243. The number of nitrogens with zero attached hydrogens (tertiary/aromatic N) is 31. The summed E-state index contributed by atoms with van der Waals surface area (Å²) >= 11 is 7.86. The number of aromatic nitrogens is 29. The summed E-state index contributed by atoms with van der Waals surface area (Å²) in [5, 5.41) is 86.2. The molecule has 4 aliphatic carbocycles. The van der Waals surface area contributed by atoms with Crippen molar-refractivity contribution in [3.8, 4) is 43.8 Å². The van der Waals surface area contributed by atoms with E-state index in [0.29, 0.717) is 92.4 Å². The number of aliphatic hydroxyl groups excluding tert-OH is 1. The summed E-state index contributed by atoms with van der Waals surface area (Å²) in [6.45, 7) is 11.5. The first-order valence-corrected chi connectivity index (χ1v) is 49.6. The predicted molar refractivity (Wildman–Crippen MR) is 546 cm³/mol. The number of rotatable bonds is 30. The Labute approximate surface area is 851 Å². The summed E-state index contributed by atoms with van der Waals surface area (Å²) < 4.78 is 27.2. The minimum absolute atomic E-state index is 0.00362. The Morgan fingerprint density at radius 2 is 0.736 bits per heavy atom. The molecule has 4 unspecified atom stereocenters. The second-order valence-corrected chi connectivity index (χ2v) is 38.5. The third-order valence-corrected chi connectivity index (χ3v) is 27.6. The van der Waals surface area contributed by atoms with Crippen LogP contribution in [-0.4, -0.2) is 252 Å². The first kappa shape index (κ1) is 96.8. The van der Waals surface area contributed by atoms with Gasteiger partial charge in [-0.1, -0.05) is 17.7 Å². The van der Waals surface area contributed by atoms with Gasteiger partial charge in [-0.05, 0) is 224 Å². The summed E-state index contributed by atoms with van der Waals surface area (Å²) in [5.74, 6) is 4.40. The van der Waals surface area contributed by atoms with E-state index in [0.717, 1.165) is 147 Å². The number of ether oxygens (including phenoxy) is 1. The van der Waals surface area contributed by atoms with E-state index in [9.17, 15) is 33.6 Å². The number of likely N-dealkylation sites (N-methyl/N-ethyl adjacent to an activating group) is 2. The molecule has 7 amide bonds. The molecule has 4 fully saturated rings. The van der Waals surface area contributed by atoms with Gasteiger partial charge in [-0.25, -0.2) is 38.0 Å². The monoisotopic (exact) mass is 2030 g/mol. The number of aryl methyl sites for hydroxylation is 1. The van der Waals surface area contributed by atoms with E-state index in [1.807, 2.05) is 179 Å². The minimum Gasteiger partial charge on any atom is -0.395 e. The van der Waals surface area contributed by atoms with Gasteiger partial charge in [0, 0.05) is 130 Å². The van der Waals surface area contributed by atoms with Gasteiger partial charge in [-0.3, -0.25) is 60.5 Å². The summed E-state index contributed by atoms with van der Waals surface area (Å²) in [7, 11) is 6.58. The smallest absolute Gasteiger partial charge is 0.252 e. The van der Waals surface area contributed by atoms with Gasteiger partial charge in [-0.15, -0.1) is 40.8 Å². The number of amides is 7. The standard InChI is InChI=1S/C27H30N10O3.C26H23ClN8O2.C26H28N10O3.C22H20N8OS/c1-17(21-7-9-23-29-22(15-37(23)33-21)30-27(39)18-4-5-18)26-32-31-24-8-6-19(14-36(24)26)20-12-28-35(13-20)16-25(38)34(2)10-11-40-3;1-14(20-8-10-22-29-21(13-35(22)33-20)30-25(36)15-3-4-15)24-32-31-23-9-6-17(12-34(23)24)16-5-7-18(19(27)11-16)26(37)28-2;1-16(20-6-8-22-28-21(14-36(22)32-20)29-26(39)17-3-4-17)25-31-30-23-7-5-18(13-35(23)25)19-11-27-34(12-19)15-24(38)33(2)9-10-37;1-12-9-17(32-28-12)15-5-7-20-25-26-21(29(20)10-15)13(2)16-6-8-19-23-18(11-30(19)27-16)24-22(31)14-3-4-14/h6-9,12-15,17-18H,4-5,10-11,16H2,1-3H3,(H,30,39);5-15H,3-4H2,1-2H3,(H,28,37)(H,30,36);5-8,11-14,16-17,37H,3-4,9-10,15H2,1-2H3,(H,29,39);5-11,13-14H,3-4H2,1-2H3,(H,24,31). The van der Waals surface area contributed by atoms with Crippen molar-refractivity contribution >= 4 is 133 Å². The lowest BCUT2D eigenvalue weighted by Crippen LogP contribution is -2.32. The van der Waals surface area contributed by atoms with E-state index in [-0.39, 0.29) is 115 Å². The highest BCUT2D eigenvalue weighted by molar-refractivity contribution is 7.09. The van der Waals surface area contributed by atoms with Crippen LogP contribution < -0.4 is 26.6 Å². The molecule has 4 atom stereocenters. The summed E-state index contributed by atoms with van der Waals surface area (Å²) in [6.07, 6.45) is 29.4. The van der Waals surface area contributed by atoms with Crippen LogP contribution in [0.25, 0.3) is 89.0 Å². The van der Waals surface area contributed by atoms with Crippen LogP contribution in [0.15, 0.2) is 196 Å². The number of fused-ring (bicyclic) bond motifs is 8. The van der Waals surface area contributed by atoms with Crippen molar-refractivity contribution < 1.29 is 43.4 Å². The number of benzene rings is 1. The number of halogens is 1. The van der Waals surface area contributed by atoms with Crippen LogP contribution in [-0.2, 0) is 46.6 Å². The molecule has 6 N–H and O–H groups in total. The van der Waals surface area contributed by atoms with E-state index in [4.69, 9.17) is 41.8 Å². The lowest BCUT2D eigenvalue weighted by molar-refractivity contribution is -0.132. The molecule has 0 spiro atoms. The Balaban J connectivity index is 0.000000116. The Morgan fingerprint density at radius 3 is 1.05 bits per heavy atom. The Morgan fingerprint density at radius 1 is 0.412 bits per heavy atom. The lowest BCUT2D eigenvalue weighted by atomic mass is 10.0. The molecule has 0 aliphatic heterocycles. The Kier molecular flexibility index (Phi) is 26.9. The number of anilines is 4. The zero-order valence-corrected chi connectivity index (χ0v) is 83.4. The van der Waals surface area contributed by atoms with Crippen LogP contribution in [0.5, 0.6) is 0 Å². The second kappa shape index (κ2) is 41.1. The molecule has 19 heterocycles. The number of pyridine rings is 4. The van der Waals surface area contributed by atoms with Crippen molar-refractivity contribution in [1.82, 2.24) is 156 Å². The number of carbonyl (C=O) groups is 7. The number of hydrogen-bond donors (Lipinski definition) is 6. The van der Waals surface area contributed by atoms with Gasteiger partial charge in [-0.2, -0.15) is 35.0 Å². The maximum atomic E-state index is 12.5. The highest BCUT2D eigenvalue weighted by atomic mass is 35.5. The van der Waals surface area contributed by atoms with Gasteiger partial charge in [0.15, 0.2) is 68.4 Å². The van der Waals surface area contributed by atoms with Crippen LogP contribution >= 0.6 is 23.1 Å². The molecule has 1 aromatic carbocycles. The van der Waals surface area contributed by atoms with E-state index < -0.39 is 0 Å². The number of methoxy groups -OCH3 is 1. The van der Waals surface area contributed by atoms with Gasteiger partial charge in [0.1, 0.15) is 36.4 Å². The van der Waals surface area contributed by atoms with Crippen LogP contribution in [0, 0.1) is 30.6 Å². The molecule has 0 saturated heterocycles. The molecule has 0 radical (unpaired) electrons. The summed E-state index contributed by atoms with van der Waals surface area (Å²) in [4.78, 5) is 107. The zero-order valence-electron chi connectivity index (χ0n) is 81.9. The molecule has 148 heavy (non-hydrogen) atoms. The van der Waals surface area contributed by atoms with Crippen molar-refractivity contribution in [2.45, 2.75) is 123 Å². The molecular weight excluding hydrogens is 1930 g/mol. The van der Waals surface area contributed by atoms with Crippen LogP contribution in [0.2, 0.25) is 5.02 Å². The average Bonchev–Trinajstić information content (AvgIpc) is 1.64. The molecule has 4 saturated carbocycles. The number of aliphatic hydroxyl groups is 1. The van der Waals surface area contributed by atoms with Crippen LogP contribution in [0.3, 0.4) is 0 Å². The predicted octanol–water partition coefficient (Wildman–Crippen LogP) is 11.5. The van der Waals surface area contributed by atoms with Crippen molar-refractivity contribution in [1.29, 1.82) is 0 Å². The molecule has 4 aliphatic rings. The first-order chi connectivity index (χ1) is 71.7. The normalized spacial score (nSPS) is 14.3. The maximum absolute atomic E-state index is 12.5. The van der Waals surface area contributed by atoms with Gasteiger partial charge in [0.05, 0.1) is 118 Å². The Bertz CT molecular complexity index is 8490. The van der Waals surface area contributed by atoms with E-state index in [1.54, 1.807) is 110 Å². The zero-order chi connectivity index (χ0) is 102. The van der Waals surface area contributed by atoms with Crippen LogP contribution in [0.1, 0.15) is 165 Å². The first-order valence-electron chi connectivity index (χ1n) is 48.4. The topological polar surface area (TPSA) is 506 Å². The van der Waals surface area contributed by atoms with Crippen molar-refractivity contribution in [3.05, 3.63) is 258 Å². The fraction of sp³-hybridized carbons (Fsp3) is 0.307. The molecule has 24 rings (SSSR count). The average molecular weight is 2030 g/mol. The van der Waals surface area contributed by atoms with Crippen molar-refractivity contribution in [3.63, 3.8) is 0 Å². The van der Waals surface area contributed by atoms with E-state index in [1.165, 1.54) is 16.4 Å². The molecule has 47 heteroatoms. The van der Waals surface area contributed by atoms with Gasteiger partial charge < -0.3 is 46.2 Å². The van der Waals surface area contributed by atoms with Gasteiger partial charge >= 0.3 is 0 Å². The molecule has 20 aromatic rings.